The molecule has 1 saturated carbocycles. The second-order valence-corrected chi connectivity index (χ2v) is 7.10. The molecule has 5 nitrogen and oxygen atoms in total. The first-order valence-corrected chi connectivity index (χ1v) is 8.31. The van der Waals surface area contributed by atoms with Gasteiger partial charge in [0.15, 0.2) is 15.8 Å². The fourth-order valence-corrected chi connectivity index (χ4v) is 2.63. The summed E-state index contributed by atoms with van der Waals surface area (Å²) in [5.41, 5.74) is 7.44. The molecule has 0 heterocycles. The first-order chi connectivity index (χ1) is 8.94. The summed E-state index contributed by atoms with van der Waals surface area (Å²) in [5.74, 6) is 0.464. The molecule has 0 amide bonds. The maximum absolute atomic E-state index is 11.4. The highest BCUT2D eigenvalue weighted by molar-refractivity contribution is 14.0. The van der Waals surface area contributed by atoms with Gasteiger partial charge in [-0.25, -0.2) is 13.4 Å². The third kappa shape index (κ3) is 6.08. The lowest BCUT2D eigenvalue weighted by atomic mass is 10.1. The second kappa shape index (κ2) is 7.26. The molecule has 0 unspecified atom stereocenters. The lowest BCUT2D eigenvalue weighted by Gasteiger charge is -2.07. The first kappa shape index (κ1) is 17.2. The number of nitrogens with two attached hydrogens (primary N) is 1. The van der Waals surface area contributed by atoms with Crippen LogP contribution in [-0.2, 0) is 22.1 Å². The van der Waals surface area contributed by atoms with Crippen LogP contribution in [0.1, 0.15) is 24.0 Å². The van der Waals surface area contributed by atoms with Crippen molar-refractivity contribution in [3.63, 3.8) is 0 Å². The number of hydrogen-bond donors (Lipinski definition) is 2. The normalized spacial score (nSPS) is 15.6. The Bertz CT molecular complexity index is 583. The van der Waals surface area contributed by atoms with E-state index in [2.05, 4.69) is 10.3 Å². The highest BCUT2D eigenvalue weighted by atomic mass is 127. The van der Waals surface area contributed by atoms with E-state index in [1.807, 2.05) is 24.3 Å². The standard InChI is InChI=1S/C13H19N3O2S.HI/c1-19(17,18)9-11-5-3-2-4-10(11)8-15-13(14)16-12-6-7-12;/h2-5,12H,6-9H2,1H3,(H3,14,15,16);1H. The van der Waals surface area contributed by atoms with Crippen LogP contribution in [0.25, 0.3) is 0 Å². The summed E-state index contributed by atoms with van der Waals surface area (Å²) in [7, 11) is -3.04. The number of guanidine groups is 1. The molecule has 0 radical (unpaired) electrons. The lowest BCUT2D eigenvalue weighted by Crippen LogP contribution is -2.33. The molecule has 1 aliphatic carbocycles. The van der Waals surface area contributed by atoms with Gasteiger partial charge < -0.3 is 11.1 Å². The van der Waals surface area contributed by atoms with Gasteiger partial charge in [-0.1, -0.05) is 24.3 Å². The topological polar surface area (TPSA) is 84.5 Å². The molecule has 0 saturated heterocycles. The van der Waals surface area contributed by atoms with Gasteiger partial charge in [0.1, 0.15) is 0 Å². The van der Waals surface area contributed by atoms with Crippen LogP contribution in [0.2, 0.25) is 0 Å². The van der Waals surface area contributed by atoms with E-state index in [0.717, 1.165) is 24.0 Å². The Morgan fingerprint density at radius 2 is 1.95 bits per heavy atom. The fourth-order valence-electron chi connectivity index (χ4n) is 1.79. The molecule has 0 bridgehead atoms. The summed E-state index contributed by atoms with van der Waals surface area (Å²) >= 11 is 0. The highest BCUT2D eigenvalue weighted by Crippen LogP contribution is 2.18. The van der Waals surface area contributed by atoms with E-state index in [1.54, 1.807) is 0 Å². The molecule has 1 fully saturated rings. The van der Waals surface area contributed by atoms with Crippen LogP contribution >= 0.6 is 24.0 Å². The number of aliphatic imine (C=N–C) groups is 1. The molecule has 0 aromatic heterocycles. The SMILES string of the molecule is CS(=O)(=O)Cc1ccccc1CN=C(N)NC1CC1.I. The Labute approximate surface area is 137 Å². The minimum atomic E-state index is -3.04. The van der Waals surface area contributed by atoms with E-state index in [9.17, 15) is 8.42 Å². The maximum atomic E-state index is 11.4. The second-order valence-electron chi connectivity index (χ2n) is 4.96. The average molecular weight is 409 g/mol. The molecular formula is C13H20IN3O2S. The van der Waals surface area contributed by atoms with E-state index in [-0.39, 0.29) is 29.7 Å². The summed E-state index contributed by atoms with van der Waals surface area (Å²) < 4.78 is 22.7. The van der Waals surface area contributed by atoms with Crippen molar-refractivity contribution in [2.24, 2.45) is 10.7 Å². The van der Waals surface area contributed by atoms with Crippen molar-refractivity contribution < 1.29 is 8.42 Å². The van der Waals surface area contributed by atoms with Crippen LogP contribution in [0.4, 0.5) is 0 Å². The third-order valence-corrected chi connectivity index (χ3v) is 3.72. The summed E-state index contributed by atoms with van der Waals surface area (Å²) in [6.07, 6.45) is 3.51. The van der Waals surface area contributed by atoms with Gasteiger partial charge in [0.05, 0.1) is 12.3 Å². The van der Waals surface area contributed by atoms with Crippen LogP contribution in [0, 0.1) is 0 Å². The van der Waals surface area contributed by atoms with Crippen molar-refractivity contribution in [1.82, 2.24) is 5.32 Å². The van der Waals surface area contributed by atoms with Gasteiger partial charge in [0.25, 0.3) is 0 Å². The molecule has 0 aliphatic heterocycles. The van der Waals surface area contributed by atoms with Gasteiger partial charge in [-0.3, -0.25) is 0 Å². The smallest absolute Gasteiger partial charge is 0.189 e. The van der Waals surface area contributed by atoms with Crippen LogP contribution in [0.5, 0.6) is 0 Å². The lowest BCUT2D eigenvalue weighted by molar-refractivity contribution is 0.601. The Hall–Kier alpha value is -0.830. The van der Waals surface area contributed by atoms with Gasteiger partial charge in [0.2, 0.25) is 0 Å². The molecule has 0 spiro atoms. The predicted molar refractivity (Wildman–Crippen MR) is 91.9 cm³/mol. The van der Waals surface area contributed by atoms with Crippen LogP contribution < -0.4 is 11.1 Å². The molecule has 3 N–H and O–H groups in total. The fraction of sp³-hybridized carbons (Fsp3) is 0.462. The summed E-state index contributed by atoms with van der Waals surface area (Å²) in [6.45, 7) is 0.400. The van der Waals surface area contributed by atoms with Crippen molar-refractivity contribution >= 4 is 39.8 Å². The Kier molecular flexibility index (Phi) is 6.25. The number of nitrogens with one attached hydrogen (secondary N) is 1. The molecule has 1 aromatic carbocycles. The summed E-state index contributed by atoms with van der Waals surface area (Å²) in [6, 6.07) is 7.88. The van der Waals surface area contributed by atoms with E-state index in [1.165, 1.54) is 6.26 Å². The van der Waals surface area contributed by atoms with Gasteiger partial charge in [-0.05, 0) is 24.0 Å². The molecule has 1 aromatic rings. The molecule has 112 valence electrons. The van der Waals surface area contributed by atoms with Crippen LogP contribution in [0.3, 0.4) is 0 Å². The van der Waals surface area contributed by atoms with E-state index >= 15 is 0 Å². The molecule has 2 rings (SSSR count). The first-order valence-electron chi connectivity index (χ1n) is 6.25. The van der Waals surface area contributed by atoms with Gasteiger partial charge in [0, 0.05) is 12.3 Å². The van der Waals surface area contributed by atoms with Crippen molar-refractivity contribution in [3.05, 3.63) is 35.4 Å². The van der Waals surface area contributed by atoms with Crippen molar-refractivity contribution in [2.75, 3.05) is 6.26 Å². The van der Waals surface area contributed by atoms with Crippen molar-refractivity contribution in [1.29, 1.82) is 0 Å². The zero-order chi connectivity index (χ0) is 13.9. The summed E-state index contributed by atoms with van der Waals surface area (Å²) in [5, 5.41) is 3.10. The zero-order valence-electron chi connectivity index (χ0n) is 11.4. The number of hydrogen-bond acceptors (Lipinski definition) is 3. The number of sulfone groups is 1. The number of halogens is 1. The van der Waals surface area contributed by atoms with Crippen molar-refractivity contribution in [3.8, 4) is 0 Å². The molecule has 1 aliphatic rings. The van der Waals surface area contributed by atoms with Gasteiger partial charge in [-0.2, -0.15) is 0 Å². The summed E-state index contributed by atoms with van der Waals surface area (Å²) in [4.78, 5) is 4.25. The molecule has 7 heteroatoms. The monoisotopic (exact) mass is 409 g/mol. The van der Waals surface area contributed by atoms with E-state index in [0.29, 0.717) is 18.5 Å². The minimum Gasteiger partial charge on any atom is -0.370 e. The minimum absolute atomic E-state index is 0. The van der Waals surface area contributed by atoms with Crippen LogP contribution in [-0.4, -0.2) is 26.7 Å². The third-order valence-electron chi connectivity index (χ3n) is 2.89. The molecule has 20 heavy (non-hydrogen) atoms. The average Bonchev–Trinajstić information content (AvgIpc) is 3.10. The number of nitrogens with zero attached hydrogens (tertiary/aromatic N) is 1. The molecular weight excluding hydrogens is 389 g/mol. The predicted octanol–water partition coefficient (Wildman–Crippen LogP) is 1.42. The Balaban J connectivity index is 0.00000200. The maximum Gasteiger partial charge on any atom is 0.189 e. The number of benzene rings is 1. The van der Waals surface area contributed by atoms with Gasteiger partial charge >= 0.3 is 0 Å². The van der Waals surface area contributed by atoms with E-state index in [4.69, 9.17) is 5.73 Å². The Morgan fingerprint density at radius 1 is 1.35 bits per heavy atom. The zero-order valence-corrected chi connectivity index (χ0v) is 14.5. The van der Waals surface area contributed by atoms with Crippen LogP contribution in [0.15, 0.2) is 29.3 Å². The number of rotatable bonds is 5. The van der Waals surface area contributed by atoms with Crippen molar-refractivity contribution in [2.45, 2.75) is 31.2 Å². The highest BCUT2D eigenvalue weighted by Gasteiger charge is 2.21. The largest absolute Gasteiger partial charge is 0.370 e. The quantitative estimate of drug-likeness (QED) is 0.438. The Morgan fingerprint density at radius 3 is 2.50 bits per heavy atom. The molecule has 0 atom stereocenters. The van der Waals surface area contributed by atoms with E-state index < -0.39 is 9.84 Å². The van der Waals surface area contributed by atoms with Gasteiger partial charge in [-0.15, -0.1) is 24.0 Å².